The molecule has 0 aliphatic rings. The molecule has 0 fully saturated rings. The standard InChI is InChI=1S/C23H34N2O3/c1-2-3-4-5-6-10-13-20(24)15-25-16-23(22(27)14-21(25)17-26)28-18-19-11-8-7-9-12-19/h7-9,11-12,14,16,20,26H,2-6,10,13,15,17-18,24H2,1H3. The summed E-state index contributed by atoms with van der Waals surface area (Å²) in [6.45, 7) is 2.92. The molecule has 1 heterocycles. The minimum atomic E-state index is -0.222. The van der Waals surface area contributed by atoms with Crippen LogP contribution >= 0.6 is 0 Å². The molecule has 0 aliphatic carbocycles. The second kappa shape index (κ2) is 12.4. The fourth-order valence-electron chi connectivity index (χ4n) is 3.27. The van der Waals surface area contributed by atoms with Crippen LogP contribution in [-0.2, 0) is 19.8 Å². The maximum atomic E-state index is 12.3. The number of rotatable bonds is 13. The summed E-state index contributed by atoms with van der Waals surface area (Å²) in [6, 6.07) is 11.2. The van der Waals surface area contributed by atoms with Gasteiger partial charge in [-0.1, -0.05) is 75.8 Å². The molecule has 0 spiro atoms. The lowest BCUT2D eigenvalue weighted by Crippen LogP contribution is -2.28. The highest BCUT2D eigenvalue weighted by atomic mass is 16.5. The molecule has 0 bridgehead atoms. The van der Waals surface area contributed by atoms with E-state index in [0.717, 1.165) is 18.4 Å². The van der Waals surface area contributed by atoms with E-state index in [1.165, 1.54) is 38.2 Å². The van der Waals surface area contributed by atoms with E-state index in [1.54, 1.807) is 6.20 Å². The van der Waals surface area contributed by atoms with Crippen LogP contribution in [-0.4, -0.2) is 15.7 Å². The minimum Gasteiger partial charge on any atom is -0.483 e. The third kappa shape index (κ3) is 7.49. The predicted octanol–water partition coefficient (Wildman–Crippen LogP) is 4.00. The van der Waals surface area contributed by atoms with E-state index in [2.05, 4.69) is 6.92 Å². The highest BCUT2D eigenvalue weighted by molar-refractivity contribution is 5.23. The number of nitrogens with zero attached hydrogens (tertiary/aromatic N) is 1. The number of nitrogens with two attached hydrogens (primary N) is 1. The largest absolute Gasteiger partial charge is 0.483 e. The molecule has 1 atom stereocenters. The number of aliphatic hydroxyl groups excluding tert-OH is 1. The molecule has 1 aromatic heterocycles. The van der Waals surface area contributed by atoms with Crippen molar-refractivity contribution in [1.29, 1.82) is 0 Å². The van der Waals surface area contributed by atoms with Crippen LogP contribution in [0.5, 0.6) is 5.75 Å². The SMILES string of the molecule is CCCCCCCCC(N)Cn1cc(OCc2ccccc2)c(=O)cc1CO. The first kappa shape index (κ1) is 22.2. The Balaban J connectivity index is 1.93. The molecule has 0 saturated carbocycles. The molecule has 1 aromatic carbocycles. The fourth-order valence-corrected chi connectivity index (χ4v) is 3.27. The summed E-state index contributed by atoms with van der Waals surface area (Å²) in [5.41, 5.74) is 7.65. The third-order valence-corrected chi connectivity index (χ3v) is 4.94. The molecule has 2 rings (SSSR count). The highest BCUT2D eigenvalue weighted by Gasteiger charge is 2.11. The fraction of sp³-hybridized carbons (Fsp3) is 0.522. The molecule has 5 heteroatoms. The number of aromatic nitrogens is 1. The molecule has 5 nitrogen and oxygen atoms in total. The molecular weight excluding hydrogens is 352 g/mol. The van der Waals surface area contributed by atoms with Crippen LogP contribution in [0.1, 0.15) is 63.1 Å². The van der Waals surface area contributed by atoms with Crippen molar-refractivity contribution in [3.63, 3.8) is 0 Å². The molecular formula is C23H34N2O3. The Labute approximate surface area is 168 Å². The Morgan fingerprint density at radius 2 is 1.82 bits per heavy atom. The van der Waals surface area contributed by atoms with Gasteiger partial charge in [-0.05, 0) is 12.0 Å². The van der Waals surface area contributed by atoms with Gasteiger partial charge in [0.2, 0.25) is 5.43 Å². The lowest BCUT2D eigenvalue weighted by atomic mass is 10.1. The molecule has 1 unspecified atom stereocenters. The van der Waals surface area contributed by atoms with E-state index >= 15 is 0 Å². The van der Waals surface area contributed by atoms with Gasteiger partial charge in [-0.15, -0.1) is 0 Å². The lowest BCUT2D eigenvalue weighted by Gasteiger charge is -2.18. The van der Waals surface area contributed by atoms with Crippen molar-refractivity contribution >= 4 is 0 Å². The Kier molecular flexibility index (Phi) is 9.80. The minimum absolute atomic E-state index is 0.0130. The zero-order valence-corrected chi connectivity index (χ0v) is 17.0. The van der Waals surface area contributed by atoms with Crippen LogP contribution in [0, 0.1) is 0 Å². The number of benzene rings is 1. The van der Waals surface area contributed by atoms with E-state index in [4.69, 9.17) is 10.5 Å². The maximum Gasteiger partial charge on any atom is 0.223 e. The zero-order chi connectivity index (χ0) is 20.2. The smallest absolute Gasteiger partial charge is 0.223 e. The van der Waals surface area contributed by atoms with Gasteiger partial charge in [-0.25, -0.2) is 0 Å². The van der Waals surface area contributed by atoms with E-state index < -0.39 is 0 Å². The van der Waals surface area contributed by atoms with Crippen molar-refractivity contribution in [3.8, 4) is 5.75 Å². The highest BCUT2D eigenvalue weighted by Crippen LogP contribution is 2.13. The van der Waals surface area contributed by atoms with Crippen molar-refractivity contribution in [2.75, 3.05) is 0 Å². The molecule has 2 aromatic rings. The van der Waals surface area contributed by atoms with E-state index in [0.29, 0.717) is 18.8 Å². The van der Waals surface area contributed by atoms with Gasteiger partial charge in [0.05, 0.1) is 12.8 Å². The first-order valence-corrected chi connectivity index (χ1v) is 10.4. The zero-order valence-electron chi connectivity index (χ0n) is 17.0. The summed E-state index contributed by atoms with van der Waals surface area (Å²) in [5.74, 6) is 0.285. The summed E-state index contributed by atoms with van der Waals surface area (Å²) in [7, 11) is 0. The summed E-state index contributed by atoms with van der Waals surface area (Å²) >= 11 is 0. The predicted molar refractivity (Wildman–Crippen MR) is 113 cm³/mol. The van der Waals surface area contributed by atoms with Gasteiger partial charge < -0.3 is 20.1 Å². The molecule has 0 saturated heterocycles. The van der Waals surface area contributed by atoms with Gasteiger partial charge in [0.1, 0.15) is 6.61 Å². The number of hydrogen-bond donors (Lipinski definition) is 2. The molecule has 0 amide bonds. The van der Waals surface area contributed by atoms with Crippen LogP contribution in [0.15, 0.2) is 47.4 Å². The second-order valence-corrected chi connectivity index (χ2v) is 7.39. The topological polar surface area (TPSA) is 77.5 Å². The van der Waals surface area contributed by atoms with E-state index in [1.807, 2.05) is 34.9 Å². The van der Waals surface area contributed by atoms with Crippen molar-refractivity contribution in [2.24, 2.45) is 5.73 Å². The summed E-state index contributed by atoms with van der Waals surface area (Å²) in [4.78, 5) is 12.3. The molecule has 0 radical (unpaired) electrons. The summed E-state index contributed by atoms with van der Waals surface area (Å²) in [6.07, 6.45) is 10.0. The number of hydrogen-bond acceptors (Lipinski definition) is 4. The van der Waals surface area contributed by atoms with Gasteiger partial charge in [0, 0.05) is 24.3 Å². The first-order chi connectivity index (χ1) is 13.6. The van der Waals surface area contributed by atoms with E-state index in [-0.39, 0.29) is 23.8 Å². The summed E-state index contributed by atoms with van der Waals surface area (Å²) in [5, 5.41) is 9.61. The van der Waals surface area contributed by atoms with Crippen LogP contribution in [0.4, 0.5) is 0 Å². The van der Waals surface area contributed by atoms with Crippen LogP contribution in [0.3, 0.4) is 0 Å². The van der Waals surface area contributed by atoms with Gasteiger partial charge in [-0.2, -0.15) is 0 Å². The Morgan fingerprint density at radius 1 is 1.11 bits per heavy atom. The van der Waals surface area contributed by atoms with Crippen LogP contribution < -0.4 is 15.9 Å². The molecule has 0 aliphatic heterocycles. The number of unbranched alkanes of at least 4 members (excludes halogenated alkanes) is 5. The summed E-state index contributed by atoms with van der Waals surface area (Å²) < 4.78 is 7.58. The van der Waals surface area contributed by atoms with Crippen molar-refractivity contribution in [1.82, 2.24) is 4.57 Å². The number of ether oxygens (including phenoxy) is 1. The molecule has 28 heavy (non-hydrogen) atoms. The lowest BCUT2D eigenvalue weighted by molar-refractivity contribution is 0.263. The van der Waals surface area contributed by atoms with Crippen molar-refractivity contribution in [2.45, 2.75) is 77.7 Å². The van der Waals surface area contributed by atoms with Gasteiger partial charge >= 0.3 is 0 Å². The van der Waals surface area contributed by atoms with Gasteiger partial charge in [0.25, 0.3) is 0 Å². The van der Waals surface area contributed by atoms with Gasteiger partial charge in [-0.3, -0.25) is 4.79 Å². The van der Waals surface area contributed by atoms with Crippen molar-refractivity contribution in [3.05, 3.63) is 64.1 Å². The van der Waals surface area contributed by atoms with E-state index in [9.17, 15) is 9.90 Å². The van der Waals surface area contributed by atoms with Crippen LogP contribution in [0.25, 0.3) is 0 Å². The normalized spacial score (nSPS) is 12.1. The van der Waals surface area contributed by atoms with Crippen molar-refractivity contribution < 1.29 is 9.84 Å². The maximum absolute atomic E-state index is 12.3. The average molecular weight is 387 g/mol. The quantitative estimate of drug-likeness (QED) is 0.510. The van der Waals surface area contributed by atoms with Gasteiger partial charge in [0.15, 0.2) is 5.75 Å². The average Bonchev–Trinajstić information content (AvgIpc) is 2.71. The third-order valence-electron chi connectivity index (χ3n) is 4.94. The molecule has 154 valence electrons. The number of aliphatic hydroxyl groups is 1. The number of pyridine rings is 1. The Morgan fingerprint density at radius 3 is 2.54 bits per heavy atom. The monoisotopic (exact) mass is 386 g/mol. The van der Waals surface area contributed by atoms with Crippen LogP contribution in [0.2, 0.25) is 0 Å². The molecule has 3 N–H and O–H groups in total. The Hall–Kier alpha value is -2.11. The second-order valence-electron chi connectivity index (χ2n) is 7.39. The first-order valence-electron chi connectivity index (χ1n) is 10.4. The Bertz CT molecular complexity index is 743.